The molecule has 2 aromatic heterocycles. The van der Waals surface area contributed by atoms with Gasteiger partial charge in [-0.2, -0.15) is 11.3 Å². The van der Waals surface area contributed by atoms with E-state index in [2.05, 4.69) is 4.90 Å². The Bertz CT molecular complexity index is 872. The standard InChI is InChI=1S/C19H24N4O2S/c1-21(2)10-14-4-3-5-17-20-16-6-8-22(11-15(16)19(25)23(14)17)18(24)13-7-9-26-12-13/h7,9,12,14H,3-6,8,10-11H2,1-2H3/t14-/m1/s1. The molecule has 0 spiro atoms. The van der Waals surface area contributed by atoms with Gasteiger partial charge in [-0.1, -0.05) is 0 Å². The number of thiophene rings is 1. The Morgan fingerprint density at radius 3 is 2.96 bits per heavy atom. The van der Waals surface area contributed by atoms with Crippen molar-refractivity contribution in [3.05, 3.63) is 49.8 Å². The zero-order chi connectivity index (χ0) is 18.3. The molecule has 0 bridgehead atoms. The first-order valence-corrected chi connectivity index (χ1v) is 10.1. The average Bonchev–Trinajstić information content (AvgIpc) is 3.15. The van der Waals surface area contributed by atoms with Gasteiger partial charge in [0.25, 0.3) is 11.5 Å². The normalized spacial score (nSPS) is 19.3. The summed E-state index contributed by atoms with van der Waals surface area (Å²) < 4.78 is 1.90. The molecule has 0 unspecified atom stereocenters. The summed E-state index contributed by atoms with van der Waals surface area (Å²) >= 11 is 1.51. The number of rotatable bonds is 3. The summed E-state index contributed by atoms with van der Waals surface area (Å²) in [6, 6.07) is 2.01. The van der Waals surface area contributed by atoms with Crippen molar-refractivity contribution in [2.24, 2.45) is 0 Å². The van der Waals surface area contributed by atoms with E-state index in [1.54, 1.807) is 4.90 Å². The number of fused-ring (bicyclic) bond motifs is 2. The van der Waals surface area contributed by atoms with Crippen LogP contribution in [0.1, 0.15) is 46.3 Å². The quantitative estimate of drug-likeness (QED) is 0.826. The van der Waals surface area contributed by atoms with Crippen LogP contribution < -0.4 is 5.56 Å². The van der Waals surface area contributed by atoms with Gasteiger partial charge < -0.3 is 9.80 Å². The number of carbonyl (C=O) groups excluding carboxylic acids is 1. The monoisotopic (exact) mass is 372 g/mol. The molecule has 0 radical (unpaired) electrons. The van der Waals surface area contributed by atoms with Gasteiger partial charge >= 0.3 is 0 Å². The summed E-state index contributed by atoms with van der Waals surface area (Å²) in [5.74, 6) is 0.924. The van der Waals surface area contributed by atoms with Crippen LogP contribution in [0.25, 0.3) is 0 Å². The number of likely N-dealkylation sites (N-methyl/N-ethyl adjacent to an activating group) is 1. The molecule has 2 aromatic rings. The third kappa shape index (κ3) is 3.10. The molecule has 0 fully saturated rings. The van der Waals surface area contributed by atoms with Crippen molar-refractivity contribution in [2.75, 3.05) is 27.2 Å². The SMILES string of the molecule is CN(C)C[C@H]1CCCc2nc3c(c(=O)n21)CN(C(=O)c1ccsc1)CC3. The van der Waals surface area contributed by atoms with E-state index in [0.717, 1.165) is 37.3 Å². The van der Waals surface area contributed by atoms with Crippen LogP contribution in [-0.2, 0) is 19.4 Å². The first-order chi connectivity index (χ1) is 12.5. The lowest BCUT2D eigenvalue weighted by molar-refractivity contribution is 0.0732. The zero-order valence-electron chi connectivity index (χ0n) is 15.3. The van der Waals surface area contributed by atoms with E-state index in [-0.39, 0.29) is 17.5 Å². The molecule has 2 aliphatic heterocycles. The van der Waals surface area contributed by atoms with Crippen molar-refractivity contribution in [1.82, 2.24) is 19.4 Å². The van der Waals surface area contributed by atoms with Gasteiger partial charge in [-0.15, -0.1) is 0 Å². The van der Waals surface area contributed by atoms with Crippen LogP contribution in [0.2, 0.25) is 0 Å². The number of carbonyl (C=O) groups is 1. The minimum atomic E-state index is 0.00358. The number of amides is 1. The molecule has 0 saturated heterocycles. The van der Waals surface area contributed by atoms with Crippen LogP contribution in [0.5, 0.6) is 0 Å². The Balaban J connectivity index is 1.68. The van der Waals surface area contributed by atoms with E-state index >= 15 is 0 Å². The highest BCUT2D eigenvalue weighted by molar-refractivity contribution is 7.08. The van der Waals surface area contributed by atoms with Crippen molar-refractivity contribution in [1.29, 1.82) is 0 Å². The number of aryl methyl sites for hydroxylation is 1. The minimum absolute atomic E-state index is 0.00358. The summed E-state index contributed by atoms with van der Waals surface area (Å²) in [7, 11) is 4.07. The fourth-order valence-corrected chi connectivity index (χ4v) is 4.68. The second-order valence-corrected chi connectivity index (χ2v) is 8.21. The fraction of sp³-hybridized carbons (Fsp3) is 0.526. The second-order valence-electron chi connectivity index (χ2n) is 7.43. The van der Waals surface area contributed by atoms with Gasteiger partial charge in [-0.3, -0.25) is 14.2 Å². The maximum Gasteiger partial charge on any atom is 0.259 e. The highest BCUT2D eigenvalue weighted by Gasteiger charge is 2.30. The van der Waals surface area contributed by atoms with Crippen molar-refractivity contribution in [3.8, 4) is 0 Å². The van der Waals surface area contributed by atoms with E-state index < -0.39 is 0 Å². The number of nitrogens with zero attached hydrogens (tertiary/aromatic N) is 4. The van der Waals surface area contributed by atoms with E-state index in [1.165, 1.54) is 11.3 Å². The highest BCUT2D eigenvalue weighted by Crippen LogP contribution is 2.25. The van der Waals surface area contributed by atoms with Crippen LogP contribution in [0.15, 0.2) is 21.6 Å². The summed E-state index contributed by atoms with van der Waals surface area (Å²) in [6.07, 6.45) is 3.60. The molecule has 138 valence electrons. The molecule has 1 amide bonds. The van der Waals surface area contributed by atoms with E-state index in [0.29, 0.717) is 30.6 Å². The van der Waals surface area contributed by atoms with Gasteiger partial charge in [0.2, 0.25) is 0 Å². The van der Waals surface area contributed by atoms with Gasteiger partial charge in [-0.05, 0) is 38.4 Å². The van der Waals surface area contributed by atoms with Crippen LogP contribution in [-0.4, -0.2) is 52.4 Å². The van der Waals surface area contributed by atoms with E-state index in [9.17, 15) is 9.59 Å². The van der Waals surface area contributed by atoms with Crippen LogP contribution in [0.3, 0.4) is 0 Å². The molecular formula is C19H24N4O2S. The molecule has 26 heavy (non-hydrogen) atoms. The van der Waals surface area contributed by atoms with E-state index in [1.807, 2.05) is 35.5 Å². The molecule has 0 saturated carbocycles. The van der Waals surface area contributed by atoms with Crippen LogP contribution >= 0.6 is 11.3 Å². The lowest BCUT2D eigenvalue weighted by Crippen LogP contribution is -2.44. The Morgan fingerprint density at radius 2 is 2.23 bits per heavy atom. The summed E-state index contributed by atoms with van der Waals surface area (Å²) in [5, 5.41) is 3.77. The lowest BCUT2D eigenvalue weighted by atomic mass is 10.0. The predicted molar refractivity (Wildman–Crippen MR) is 102 cm³/mol. The molecule has 0 aliphatic carbocycles. The molecule has 0 N–H and O–H groups in total. The molecule has 6 nitrogen and oxygen atoms in total. The molecule has 4 heterocycles. The van der Waals surface area contributed by atoms with Gasteiger partial charge in [-0.25, -0.2) is 4.98 Å². The number of hydrogen-bond acceptors (Lipinski definition) is 5. The van der Waals surface area contributed by atoms with Crippen LogP contribution in [0.4, 0.5) is 0 Å². The van der Waals surface area contributed by atoms with Crippen molar-refractivity contribution in [3.63, 3.8) is 0 Å². The molecule has 4 rings (SSSR count). The van der Waals surface area contributed by atoms with Crippen molar-refractivity contribution >= 4 is 17.2 Å². The first kappa shape index (κ1) is 17.4. The zero-order valence-corrected chi connectivity index (χ0v) is 16.1. The summed E-state index contributed by atoms with van der Waals surface area (Å²) in [5.41, 5.74) is 2.35. The molecule has 0 aromatic carbocycles. The Hall–Kier alpha value is -1.99. The van der Waals surface area contributed by atoms with Gasteiger partial charge in [0, 0.05) is 31.3 Å². The number of aromatic nitrogens is 2. The minimum Gasteiger partial charge on any atom is -0.334 e. The molecule has 7 heteroatoms. The fourth-order valence-electron chi connectivity index (χ4n) is 4.05. The smallest absolute Gasteiger partial charge is 0.259 e. The molecule has 1 atom stereocenters. The van der Waals surface area contributed by atoms with Gasteiger partial charge in [0.1, 0.15) is 5.82 Å². The molecular weight excluding hydrogens is 348 g/mol. The Morgan fingerprint density at radius 1 is 1.38 bits per heavy atom. The largest absolute Gasteiger partial charge is 0.334 e. The Kier molecular flexibility index (Phi) is 4.67. The third-order valence-electron chi connectivity index (χ3n) is 5.27. The maximum atomic E-state index is 13.3. The third-order valence-corrected chi connectivity index (χ3v) is 5.95. The second kappa shape index (κ2) is 6.96. The summed E-state index contributed by atoms with van der Waals surface area (Å²) in [6.45, 7) is 1.83. The van der Waals surface area contributed by atoms with Gasteiger partial charge in [0.15, 0.2) is 0 Å². The maximum absolute atomic E-state index is 13.3. The van der Waals surface area contributed by atoms with Crippen molar-refractivity contribution < 1.29 is 4.79 Å². The Labute approximate surface area is 157 Å². The molecule has 2 aliphatic rings. The lowest BCUT2D eigenvalue weighted by Gasteiger charge is -2.33. The highest BCUT2D eigenvalue weighted by atomic mass is 32.1. The van der Waals surface area contributed by atoms with Crippen LogP contribution in [0, 0.1) is 0 Å². The van der Waals surface area contributed by atoms with Crippen molar-refractivity contribution in [2.45, 2.75) is 38.3 Å². The topological polar surface area (TPSA) is 58.4 Å². The summed E-state index contributed by atoms with van der Waals surface area (Å²) in [4.78, 5) is 34.7. The van der Waals surface area contributed by atoms with E-state index in [4.69, 9.17) is 4.98 Å². The van der Waals surface area contributed by atoms with Gasteiger partial charge in [0.05, 0.1) is 29.4 Å². The average molecular weight is 372 g/mol. The number of hydrogen-bond donors (Lipinski definition) is 0. The predicted octanol–water partition coefficient (Wildman–Crippen LogP) is 1.94. The first-order valence-electron chi connectivity index (χ1n) is 9.14.